The van der Waals surface area contributed by atoms with Crippen LogP contribution in [-0.2, 0) is 0 Å². The lowest BCUT2D eigenvalue weighted by atomic mass is 10.2. The molecule has 0 amide bonds. The summed E-state index contributed by atoms with van der Waals surface area (Å²) in [4.78, 5) is 17.8. The quantitative estimate of drug-likeness (QED) is 0.767. The maximum absolute atomic E-state index is 12.2. The molecule has 1 aliphatic heterocycles. The molecule has 1 saturated heterocycles. The van der Waals surface area contributed by atoms with E-state index in [4.69, 9.17) is 0 Å². The van der Waals surface area contributed by atoms with Crippen molar-refractivity contribution < 1.29 is 4.79 Å². The standard InChI is InChI=1S/C14H21BrN2OS/c1-11(2)9-16-4-6-17(7-5-16)10-13(18)14-12(15)3-8-19-14/h3,8,11H,4-7,9-10H2,1-2H3. The molecule has 0 spiro atoms. The van der Waals surface area contributed by atoms with E-state index in [0.717, 1.165) is 48.0 Å². The summed E-state index contributed by atoms with van der Waals surface area (Å²) in [5, 5.41) is 1.96. The van der Waals surface area contributed by atoms with Crippen molar-refractivity contribution in [1.29, 1.82) is 0 Å². The van der Waals surface area contributed by atoms with Gasteiger partial charge in [-0.05, 0) is 33.3 Å². The Labute approximate surface area is 127 Å². The molecule has 0 bridgehead atoms. The van der Waals surface area contributed by atoms with Crippen molar-refractivity contribution in [3.63, 3.8) is 0 Å². The van der Waals surface area contributed by atoms with Crippen molar-refractivity contribution in [2.75, 3.05) is 39.3 Å². The Hall–Kier alpha value is -0.230. The van der Waals surface area contributed by atoms with Crippen molar-refractivity contribution in [3.05, 3.63) is 20.8 Å². The Morgan fingerprint density at radius 1 is 1.32 bits per heavy atom. The summed E-state index contributed by atoms with van der Waals surface area (Å²) in [6, 6.07) is 1.94. The van der Waals surface area contributed by atoms with Crippen LogP contribution in [0.15, 0.2) is 15.9 Å². The lowest BCUT2D eigenvalue weighted by Crippen LogP contribution is -2.48. The van der Waals surface area contributed by atoms with Gasteiger partial charge < -0.3 is 4.90 Å². The lowest BCUT2D eigenvalue weighted by molar-refractivity contribution is 0.0840. The highest BCUT2D eigenvalue weighted by Gasteiger charge is 2.21. The van der Waals surface area contributed by atoms with E-state index in [1.54, 1.807) is 0 Å². The zero-order valence-electron chi connectivity index (χ0n) is 11.6. The number of thiophene rings is 1. The van der Waals surface area contributed by atoms with Gasteiger partial charge in [0, 0.05) is 37.2 Å². The fourth-order valence-electron chi connectivity index (χ4n) is 2.41. The second-order valence-corrected chi connectivity index (χ2v) is 7.26. The van der Waals surface area contributed by atoms with E-state index < -0.39 is 0 Å². The van der Waals surface area contributed by atoms with Gasteiger partial charge in [-0.3, -0.25) is 9.69 Å². The van der Waals surface area contributed by atoms with Gasteiger partial charge in [0.1, 0.15) is 0 Å². The van der Waals surface area contributed by atoms with Crippen LogP contribution in [0, 0.1) is 5.92 Å². The molecule has 0 radical (unpaired) electrons. The Bertz CT molecular complexity index is 425. The number of carbonyl (C=O) groups excluding carboxylic acids is 1. The van der Waals surface area contributed by atoms with E-state index in [0.29, 0.717) is 6.54 Å². The minimum Gasteiger partial charge on any atom is -0.301 e. The van der Waals surface area contributed by atoms with Crippen LogP contribution in [0.5, 0.6) is 0 Å². The summed E-state index contributed by atoms with van der Waals surface area (Å²) in [6.07, 6.45) is 0. The van der Waals surface area contributed by atoms with Gasteiger partial charge in [-0.25, -0.2) is 0 Å². The van der Waals surface area contributed by atoms with Gasteiger partial charge >= 0.3 is 0 Å². The highest BCUT2D eigenvalue weighted by Crippen LogP contribution is 2.23. The van der Waals surface area contributed by atoms with Crippen LogP contribution in [0.2, 0.25) is 0 Å². The lowest BCUT2D eigenvalue weighted by Gasteiger charge is -2.35. The summed E-state index contributed by atoms with van der Waals surface area (Å²) in [6.45, 7) is 10.4. The Morgan fingerprint density at radius 3 is 2.47 bits per heavy atom. The Kier molecular flexibility index (Phi) is 5.57. The molecule has 1 fully saturated rings. The number of Topliss-reactive ketones (excluding diaryl/α,β-unsaturated/α-hetero) is 1. The maximum Gasteiger partial charge on any atom is 0.187 e. The summed E-state index contributed by atoms with van der Waals surface area (Å²) in [7, 11) is 0. The average molecular weight is 345 g/mol. The second-order valence-electron chi connectivity index (χ2n) is 5.49. The third-order valence-electron chi connectivity index (χ3n) is 3.33. The van der Waals surface area contributed by atoms with Crippen LogP contribution in [0.1, 0.15) is 23.5 Å². The molecule has 1 aromatic heterocycles. The van der Waals surface area contributed by atoms with Crippen LogP contribution in [-0.4, -0.2) is 54.9 Å². The molecule has 106 valence electrons. The van der Waals surface area contributed by atoms with Gasteiger partial charge in [-0.1, -0.05) is 13.8 Å². The molecule has 0 N–H and O–H groups in total. The average Bonchev–Trinajstić information content (AvgIpc) is 2.77. The summed E-state index contributed by atoms with van der Waals surface area (Å²) in [5.74, 6) is 0.953. The monoisotopic (exact) mass is 344 g/mol. The molecule has 1 aliphatic rings. The summed E-state index contributed by atoms with van der Waals surface area (Å²) in [5.41, 5.74) is 0. The molecular formula is C14H21BrN2OS. The predicted octanol–water partition coefficient (Wildman–Crippen LogP) is 2.97. The third kappa shape index (κ3) is 4.38. The smallest absolute Gasteiger partial charge is 0.187 e. The van der Waals surface area contributed by atoms with E-state index in [2.05, 4.69) is 39.6 Å². The molecule has 1 aromatic rings. The zero-order chi connectivity index (χ0) is 13.8. The van der Waals surface area contributed by atoms with Crippen LogP contribution in [0.3, 0.4) is 0 Å². The van der Waals surface area contributed by atoms with Gasteiger partial charge in [-0.2, -0.15) is 0 Å². The molecule has 0 saturated carbocycles. The molecule has 0 unspecified atom stereocenters. The van der Waals surface area contributed by atoms with E-state index in [1.165, 1.54) is 11.3 Å². The number of carbonyl (C=O) groups is 1. The molecule has 3 nitrogen and oxygen atoms in total. The van der Waals surface area contributed by atoms with Crippen LogP contribution >= 0.6 is 27.3 Å². The van der Waals surface area contributed by atoms with E-state index in [9.17, 15) is 4.79 Å². The highest BCUT2D eigenvalue weighted by molar-refractivity contribution is 9.10. The number of hydrogen-bond acceptors (Lipinski definition) is 4. The fraction of sp³-hybridized carbons (Fsp3) is 0.643. The zero-order valence-corrected chi connectivity index (χ0v) is 14.0. The number of rotatable bonds is 5. The van der Waals surface area contributed by atoms with Crippen LogP contribution < -0.4 is 0 Å². The molecule has 5 heteroatoms. The van der Waals surface area contributed by atoms with Gasteiger partial charge in [0.15, 0.2) is 5.78 Å². The maximum atomic E-state index is 12.2. The molecular weight excluding hydrogens is 324 g/mol. The van der Waals surface area contributed by atoms with Crippen LogP contribution in [0.4, 0.5) is 0 Å². The summed E-state index contributed by atoms with van der Waals surface area (Å²) >= 11 is 4.95. The highest BCUT2D eigenvalue weighted by atomic mass is 79.9. The minimum absolute atomic E-state index is 0.235. The van der Waals surface area contributed by atoms with Crippen molar-refractivity contribution >= 4 is 33.0 Å². The van der Waals surface area contributed by atoms with E-state index in [-0.39, 0.29) is 5.78 Å². The largest absolute Gasteiger partial charge is 0.301 e. The predicted molar refractivity (Wildman–Crippen MR) is 84.1 cm³/mol. The van der Waals surface area contributed by atoms with Gasteiger partial charge in [0.25, 0.3) is 0 Å². The normalized spacial score (nSPS) is 18.1. The van der Waals surface area contributed by atoms with Crippen molar-refractivity contribution in [2.45, 2.75) is 13.8 Å². The number of piperazine rings is 1. The molecule has 0 atom stereocenters. The first-order valence-electron chi connectivity index (χ1n) is 6.77. The van der Waals surface area contributed by atoms with Crippen molar-refractivity contribution in [1.82, 2.24) is 9.80 Å². The molecule has 2 rings (SSSR count). The Balaban J connectivity index is 1.80. The van der Waals surface area contributed by atoms with Crippen molar-refractivity contribution in [3.8, 4) is 0 Å². The van der Waals surface area contributed by atoms with Gasteiger partial charge in [0.05, 0.1) is 11.4 Å². The molecule has 0 aliphatic carbocycles. The van der Waals surface area contributed by atoms with Crippen LogP contribution in [0.25, 0.3) is 0 Å². The fourth-order valence-corrected chi connectivity index (χ4v) is 3.94. The number of hydrogen-bond donors (Lipinski definition) is 0. The molecule has 2 heterocycles. The topological polar surface area (TPSA) is 23.6 Å². The SMILES string of the molecule is CC(C)CN1CCN(CC(=O)c2sccc2Br)CC1. The van der Waals surface area contributed by atoms with E-state index >= 15 is 0 Å². The van der Waals surface area contributed by atoms with E-state index in [1.807, 2.05) is 11.4 Å². The Morgan fingerprint density at radius 2 is 1.95 bits per heavy atom. The molecule has 0 aromatic carbocycles. The minimum atomic E-state index is 0.235. The van der Waals surface area contributed by atoms with Gasteiger partial charge in [-0.15, -0.1) is 11.3 Å². The first-order valence-corrected chi connectivity index (χ1v) is 8.44. The second kappa shape index (κ2) is 6.97. The van der Waals surface area contributed by atoms with Gasteiger partial charge in [0.2, 0.25) is 0 Å². The summed E-state index contributed by atoms with van der Waals surface area (Å²) < 4.78 is 0.931. The molecule has 19 heavy (non-hydrogen) atoms. The first kappa shape index (κ1) is 15.2. The first-order chi connectivity index (χ1) is 9.06. The number of halogens is 1. The number of nitrogens with zero attached hydrogens (tertiary/aromatic N) is 2. The van der Waals surface area contributed by atoms with Crippen molar-refractivity contribution in [2.24, 2.45) is 5.92 Å². The number of ketones is 1. The third-order valence-corrected chi connectivity index (χ3v) is 5.20.